The third-order valence-corrected chi connectivity index (χ3v) is 6.91. The van der Waals surface area contributed by atoms with Gasteiger partial charge in [0, 0.05) is 10.2 Å². The molecule has 0 aromatic heterocycles. The van der Waals surface area contributed by atoms with E-state index in [1.165, 1.54) is 6.92 Å². The Labute approximate surface area is 176 Å². The number of aryl methyl sites for hydroxylation is 1. The number of fused-ring (bicyclic) bond motifs is 5. The molecular formula is C21H21BrN2O5. The van der Waals surface area contributed by atoms with E-state index in [9.17, 15) is 19.2 Å². The van der Waals surface area contributed by atoms with Crippen molar-refractivity contribution in [1.29, 1.82) is 0 Å². The summed E-state index contributed by atoms with van der Waals surface area (Å²) >= 11 is 3.39. The summed E-state index contributed by atoms with van der Waals surface area (Å²) in [7, 11) is 0. The maximum absolute atomic E-state index is 12.8. The van der Waals surface area contributed by atoms with Gasteiger partial charge < -0.3 is 10.1 Å². The van der Waals surface area contributed by atoms with Crippen LogP contribution < -0.4 is 5.32 Å². The fraction of sp³-hybridized carbons (Fsp3) is 0.429. The number of benzene rings is 1. The Hall–Kier alpha value is -2.48. The van der Waals surface area contributed by atoms with Crippen molar-refractivity contribution in [3.63, 3.8) is 0 Å². The molecule has 152 valence electrons. The topological polar surface area (TPSA) is 92.8 Å². The standard InChI is InChI=1S/C21H21BrN2O5/c1-10-7-14(5-6-15(10)22)23-16(25)9-29-21(28)11(2)24-19(26)17-12-3-4-13(8-12)18(17)20(24)27/h3-7,11-13,17-18H,8-9H2,1-2H3,(H,23,25)/t11-,12-,13-,17-,18+/m0/s1. The van der Waals surface area contributed by atoms with Gasteiger partial charge in [-0.25, -0.2) is 4.79 Å². The molecule has 8 heteroatoms. The average Bonchev–Trinajstić information content (AvgIpc) is 3.36. The van der Waals surface area contributed by atoms with E-state index in [4.69, 9.17) is 4.74 Å². The van der Waals surface area contributed by atoms with E-state index in [2.05, 4.69) is 21.2 Å². The molecular weight excluding hydrogens is 440 g/mol. The van der Waals surface area contributed by atoms with Crippen LogP contribution in [0.4, 0.5) is 5.69 Å². The first kappa shape index (κ1) is 19.8. The number of halogens is 1. The number of carbonyl (C=O) groups excluding carboxylic acids is 4. The Morgan fingerprint density at radius 2 is 1.83 bits per heavy atom. The molecule has 1 aliphatic heterocycles. The lowest BCUT2D eigenvalue weighted by molar-refractivity contribution is -0.159. The first-order valence-electron chi connectivity index (χ1n) is 9.56. The molecule has 3 aliphatic rings. The highest BCUT2D eigenvalue weighted by Crippen LogP contribution is 2.52. The quantitative estimate of drug-likeness (QED) is 0.413. The Morgan fingerprint density at radius 3 is 2.41 bits per heavy atom. The Balaban J connectivity index is 1.34. The van der Waals surface area contributed by atoms with Crippen molar-refractivity contribution >= 4 is 45.3 Å². The Morgan fingerprint density at radius 1 is 1.21 bits per heavy atom. The molecule has 5 atom stereocenters. The van der Waals surface area contributed by atoms with Crippen LogP contribution in [0.5, 0.6) is 0 Å². The van der Waals surface area contributed by atoms with E-state index in [0.717, 1.165) is 21.4 Å². The molecule has 0 spiro atoms. The number of anilines is 1. The summed E-state index contributed by atoms with van der Waals surface area (Å²) in [5, 5.41) is 2.65. The molecule has 29 heavy (non-hydrogen) atoms. The molecule has 1 saturated heterocycles. The second-order valence-corrected chi connectivity index (χ2v) is 8.70. The number of amides is 3. The van der Waals surface area contributed by atoms with Gasteiger partial charge in [0.2, 0.25) is 11.8 Å². The van der Waals surface area contributed by atoms with Crippen molar-refractivity contribution in [2.24, 2.45) is 23.7 Å². The molecule has 1 N–H and O–H groups in total. The molecule has 7 nitrogen and oxygen atoms in total. The van der Waals surface area contributed by atoms with Gasteiger partial charge in [-0.2, -0.15) is 0 Å². The highest BCUT2D eigenvalue weighted by molar-refractivity contribution is 9.10. The summed E-state index contributed by atoms with van der Waals surface area (Å²) in [6.45, 7) is 2.86. The highest BCUT2D eigenvalue weighted by atomic mass is 79.9. The van der Waals surface area contributed by atoms with Crippen LogP contribution in [0.15, 0.2) is 34.8 Å². The largest absolute Gasteiger partial charge is 0.454 e. The van der Waals surface area contributed by atoms with Gasteiger partial charge in [-0.1, -0.05) is 28.1 Å². The molecule has 3 amide bonds. The Kier molecular flexibility index (Phi) is 5.06. The summed E-state index contributed by atoms with van der Waals surface area (Å²) in [6.07, 6.45) is 4.82. The number of esters is 1. The monoisotopic (exact) mass is 460 g/mol. The van der Waals surface area contributed by atoms with Crippen LogP contribution in [-0.4, -0.2) is 41.2 Å². The smallest absolute Gasteiger partial charge is 0.329 e. The second kappa shape index (κ2) is 7.40. The van der Waals surface area contributed by atoms with Gasteiger partial charge in [0.15, 0.2) is 6.61 Å². The molecule has 2 fully saturated rings. The minimum absolute atomic E-state index is 0.0785. The number of ether oxygens (including phenoxy) is 1. The summed E-state index contributed by atoms with van der Waals surface area (Å²) in [4.78, 5) is 51.0. The van der Waals surface area contributed by atoms with Gasteiger partial charge >= 0.3 is 5.97 Å². The lowest BCUT2D eigenvalue weighted by Gasteiger charge is -2.23. The minimum Gasteiger partial charge on any atom is -0.454 e. The van der Waals surface area contributed by atoms with Gasteiger partial charge in [-0.05, 0) is 55.9 Å². The van der Waals surface area contributed by atoms with Crippen molar-refractivity contribution in [2.75, 3.05) is 11.9 Å². The van der Waals surface area contributed by atoms with Crippen LogP contribution >= 0.6 is 15.9 Å². The molecule has 4 rings (SSSR count). The van der Waals surface area contributed by atoms with E-state index < -0.39 is 24.5 Å². The number of rotatable bonds is 5. The molecule has 2 aliphatic carbocycles. The lowest BCUT2D eigenvalue weighted by atomic mass is 9.85. The molecule has 1 heterocycles. The third-order valence-electron chi connectivity index (χ3n) is 6.02. The number of hydrogen-bond donors (Lipinski definition) is 1. The highest BCUT2D eigenvalue weighted by Gasteiger charge is 2.60. The van der Waals surface area contributed by atoms with Gasteiger partial charge in [-0.15, -0.1) is 0 Å². The molecule has 1 saturated carbocycles. The number of allylic oxidation sites excluding steroid dienone is 2. The van der Waals surface area contributed by atoms with Crippen LogP contribution in [0.25, 0.3) is 0 Å². The fourth-order valence-electron chi connectivity index (χ4n) is 4.59. The van der Waals surface area contributed by atoms with Gasteiger partial charge in [0.05, 0.1) is 11.8 Å². The van der Waals surface area contributed by atoms with Crippen LogP contribution in [0, 0.1) is 30.6 Å². The van der Waals surface area contributed by atoms with Gasteiger partial charge in [0.1, 0.15) is 6.04 Å². The van der Waals surface area contributed by atoms with Crippen LogP contribution in [0.1, 0.15) is 18.9 Å². The lowest BCUT2D eigenvalue weighted by Crippen LogP contribution is -2.45. The Bertz CT molecular complexity index is 913. The van der Waals surface area contributed by atoms with Crippen LogP contribution in [0.2, 0.25) is 0 Å². The fourth-order valence-corrected chi connectivity index (χ4v) is 4.84. The molecule has 1 aromatic rings. The summed E-state index contributed by atoms with van der Waals surface area (Å²) in [6, 6.07) is 4.27. The number of carbonyl (C=O) groups is 4. The maximum Gasteiger partial charge on any atom is 0.329 e. The number of likely N-dealkylation sites (tertiary alicyclic amines) is 1. The molecule has 0 unspecified atom stereocenters. The zero-order valence-electron chi connectivity index (χ0n) is 16.1. The van der Waals surface area contributed by atoms with Crippen LogP contribution in [0.3, 0.4) is 0 Å². The van der Waals surface area contributed by atoms with Crippen molar-refractivity contribution in [2.45, 2.75) is 26.3 Å². The minimum atomic E-state index is -1.05. The van der Waals surface area contributed by atoms with E-state index >= 15 is 0 Å². The summed E-state index contributed by atoms with van der Waals surface area (Å²) < 4.78 is 5.99. The average molecular weight is 461 g/mol. The first-order chi connectivity index (χ1) is 13.8. The molecule has 2 bridgehead atoms. The number of imide groups is 1. The summed E-state index contributed by atoms with van der Waals surface area (Å²) in [5.74, 6) is -2.45. The van der Waals surface area contributed by atoms with Gasteiger partial charge in [-0.3, -0.25) is 19.3 Å². The van der Waals surface area contributed by atoms with Gasteiger partial charge in [0.25, 0.3) is 5.91 Å². The predicted molar refractivity (Wildman–Crippen MR) is 107 cm³/mol. The second-order valence-electron chi connectivity index (χ2n) is 7.84. The van der Waals surface area contributed by atoms with E-state index in [0.29, 0.717) is 5.69 Å². The number of hydrogen-bond acceptors (Lipinski definition) is 5. The number of nitrogens with zero attached hydrogens (tertiary/aromatic N) is 1. The van der Waals surface area contributed by atoms with Crippen molar-refractivity contribution in [3.8, 4) is 0 Å². The zero-order valence-corrected chi connectivity index (χ0v) is 17.6. The SMILES string of the molecule is Cc1cc(NC(=O)COC(=O)[C@H](C)N2C(=O)[C@@H]3[C@H](C2=O)[C@H]2C=C[C@H]3C2)ccc1Br. The number of nitrogens with one attached hydrogen (secondary N) is 1. The van der Waals surface area contributed by atoms with E-state index in [1.54, 1.807) is 12.1 Å². The maximum atomic E-state index is 12.8. The van der Waals surface area contributed by atoms with Crippen molar-refractivity contribution in [3.05, 3.63) is 40.4 Å². The third kappa shape index (κ3) is 3.39. The van der Waals surface area contributed by atoms with E-state index in [1.807, 2.05) is 25.1 Å². The molecule has 0 radical (unpaired) electrons. The predicted octanol–water partition coefficient (Wildman–Crippen LogP) is 2.43. The zero-order chi connectivity index (χ0) is 20.9. The van der Waals surface area contributed by atoms with Crippen molar-refractivity contribution < 1.29 is 23.9 Å². The summed E-state index contributed by atoms with van der Waals surface area (Å²) in [5.41, 5.74) is 1.54. The van der Waals surface area contributed by atoms with Crippen molar-refractivity contribution in [1.82, 2.24) is 4.90 Å². The molecule has 1 aromatic carbocycles. The normalized spacial score (nSPS) is 27.9. The van der Waals surface area contributed by atoms with Crippen LogP contribution in [-0.2, 0) is 23.9 Å². The first-order valence-corrected chi connectivity index (χ1v) is 10.3. The van der Waals surface area contributed by atoms with E-state index in [-0.39, 0.29) is 35.5 Å².